The maximum absolute atomic E-state index is 13.0. The van der Waals surface area contributed by atoms with Gasteiger partial charge in [-0.1, -0.05) is 30.4 Å². The summed E-state index contributed by atoms with van der Waals surface area (Å²) in [5, 5.41) is 2.97. The summed E-state index contributed by atoms with van der Waals surface area (Å²) in [7, 11) is 0. The Hall–Kier alpha value is -3.52. The van der Waals surface area contributed by atoms with Crippen LogP contribution in [-0.4, -0.2) is 40.8 Å². The van der Waals surface area contributed by atoms with E-state index in [9.17, 15) is 14.4 Å². The minimum Gasteiger partial charge on any atom is -0.461 e. The minimum absolute atomic E-state index is 0.106. The van der Waals surface area contributed by atoms with Crippen LogP contribution >= 0.6 is 11.8 Å². The fourth-order valence-electron chi connectivity index (χ4n) is 4.18. The van der Waals surface area contributed by atoms with Gasteiger partial charge in [0, 0.05) is 34.0 Å². The standard InChI is InChI=1S/C31H38N2O5S/c1-8-16-37-27(34)14-13-23-20(3)25(32-28(23)30(36)38-31(5,6)7)18-26-21(4)24(29(35)33-26)15-17-39-22-11-9-19(2)10-12-22/h8-12,18,32H,1,13-17H2,2-7H3,(H,33,35)/b26-18-. The highest BCUT2D eigenvalue weighted by molar-refractivity contribution is 7.99. The van der Waals surface area contributed by atoms with Crippen molar-refractivity contribution in [2.24, 2.45) is 0 Å². The first-order valence-corrected chi connectivity index (χ1v) is 14.0. The van der Waals surface area contributed by atoms with E-state index in [4.69, 9.17) is 9.47 Å². The first kappa shape index (κ1) is 30.0. The lowest BCUT2D eigenvalue weighted by molar-refractivity contribution is -0.142. The number of hydrogen-bond donors (Lipinski definition) is 2. The lowest BCUT2D eigenvalue weighted by Crippen LogP contribution is -2.24. The third-order valence-electron chi connectivity index (χ3n) is 6.27. The number of benzene rings is 1. The molecule has 0 saturated carbocycles. The summed E-state index contributed by atoms with van der Waals surface area (Å²) in [6, 6.07) is 8.35. The fourth-order valence-corrected chi connectivity index (χ4v) is 5.06. The van der Waals surface area contributed by atoms with Crippen molar-refractivity contribution in [2.75, 3.05) is 12.4 Å². The van der Waals surface area contributed by atoms with Crippen LogP contribution in [0.15, 0.2) is 58.7 Å². The molecule has 0 bridgehead atoms. The molecule has 2 N–H and O–H groups in total. The average Bonchev–Trinajstić information content (AvgIpc) is 3.32. The summed E-state index contributed by atoms with van der Waals surface area (Å²) >= 11 is 1.72. The van der Waals surface area contributed by atoms with Crippen LogP contribution in [0.1, 0.15) is 73.4 Å². The van der Waals surface area contributed by atoms with E-state index >= 15 is 0 Å². The zero-order valence-electron chi connectivity index (χ0n) is 23.7. The summed E-state index contributed by atoms with van der Waals surface area (Å²) < 4.78 is 10.7. The molecule has 7 nitrogen and oxygen atoms in total. The van der Waals surface area contributed by atoms with Gasteiger partial charge in [0.15, 0.2) is 0 Å². The van der Waals surface area contributed by atoms with Crippen molar-refractivity contribution in [3.63, 3.8) is 0 Å². The molecule has 0 spiro atoms. The number of amides is 1. The van der Waals surface area contributed by atoms with Gasteiger partial charge in [0.05, 0.1) is 0 Å². The minimum atomic E-state index is -0.681. The highest BCUT2D eigenvalue weighted by Crippen LogP contribution is 2.30. The van der Waals surface area contributed by atoms with E-state index in [2.05, 4.69) is 48.1 Å². The van der Waals surface area contributed by atoms with Crippen LogP contribution in [0.3, 0.4) is 0 Å². The predicted octanol–water partition coefficient (Wildman–Crippen LogP) is 6.22. The number of allylic oxidation sites excluding steroid dienone is 1. The molecule has 0 aliphatic carbocycles. The molecule has 0 fully saturated rings. The number of carbonyl (C=O) groups excluding carboxylic acids is 3. The summed E-state index contributed by atoms with van der Waals surface area (Å²) in [4.78, 5) is 42.3. The molecule has 0 unspecified atom stereocenters. The maximum atomic E-state index is 13.0. The van der Waals surface area contributed by atoms with E-state index in [1.807, 2.05) is 19.9 Å². The summed E-state index contributed by atoms with van der Waals surface area (Å²) in [5.41, 5.74) is 5.33. The van der Waals surface area contributed by atoms with Crippen molar-refractivity contribution in [1.29, 1.82) is 0 Å². The van der Waals surface area contributed by atoms with Crippen LogP contribution in [0.2, 0.25) is 0 Å². The highest BCUT2D eigenvalue weighted by atomic mass is 32.2. The van der Waals surface area contributed by atoms with E-state index in [0.717, 1.165) is 22.5 Å². The number of carbonyl (C=O) groups is 3. The smallest absolute Gasteiger partial charge is 0.355 e. The zero-order chi connectivity index (χ0) is 28.7. The molecular formula is C31H38N2O5S. The Morgan fingerprint density at radius 1 is 1.08 bits per heavy atom. The second kappa shape index (κ2) is 13.0. The fraction of sp³-hybridized carbons (Fsp3) is 0.387. The van der Waals surface area contributed by atoms with E-state index in [1.54, 1.807) is 32.5 Å². The van der Waals surface area contributed by atoms with Crippen LogP contribution in [0.4, 0.5) is 0 Å². The van der Waals surface area contributed by atoms with Gasteiger partial charge in [-0.05, 0) is 89.3 Å². The SMILES string of the molecule is C=CCOC(=O)CCc1c(C(=O)OC(C)(C)C)[nH]c(/C=C2\NC(=O)C(CCSc3ccc(C)cc3)=C2C)c1C. The van der Waals surface area contributed by atoms with Crippen LogP contribution in [0.25, 0.3) is 6.08 Å². The molecule has 39 heavy (non-hydrogen) atoms. The topological polar surface area (TPSA) is 97.5 Å². The van der Waals surface area contributed by atoms with Crippen molar-refractivity contribution >= 4 is 35.7 Å². The highest BCUT2D eigenvalue weighted by Gasteiger charge is 2.27. The lowest BCUT2D eigenvalue weighted by Gasteiger charge is -2.19. The largest absolute Gasteiger partial charge is 0.461 e. The second-order valence-corrected chi connectivity index (χ2v) is 11.7. The quantitative estimate of drug-likeness (QED) is 0.196. The number of aromatic amines is 1. The Labute approximate surface area is 235 Å². The van der Waals surface area contributed by atoms with E-state index in [-0.39, 0.29) is 24.9 Å². The van der Waals surface area contributed by atoms with Crippen molar-refractivity contribution in [3.05, 3.63) is 81.8 Å². The molecule has 3 rings (SSSR count). The third kappa shape index (κ3) is 8.23. The van der Waals surface area contributed by atoms with Crippen LogP contribution < -0.4 is 5.32 Å². The molecule has 0 atom stereocenters. The number of ether oxygens (including phenoxy) is 2. The number of rotatable bonds is 11. The molecule has 1 aromatic heterocycles. The number of H-pyrrole nitrogens is 1. The van der Waals surface area contributed by atoms with E-state index in [0.29, 0.717) is 35.5 Å². The van der Waals surface area contributed by atoms with Gasteiger partial charge < -0.3 is 19.8 Å². The summed E-state index contributed by atoms with van der Waals surface area (Å²) in [5.74, 6) is -0.195. The van der Waals surface area contributed by atoms with Crippen LogP contribution in [0.5, 0.6) is 0 Å². The lowest BCUT2D eigenvalue weighted by atomic mass is 10.0. The van der Waals surface area contributed by atoms with Crippen LogP contribution in [0, 0.1) is 13.8 Å². The Morgan fingerprint density at radius 2 is 1.77 bits per heavy atom. The van der Waals surface area contributed by atoms with E-state index in [1.165, 1.54) is 16.5 Å². The number of hydrogen-bond acceptors (Lipinski definition) is 6. The summed E-state index contributed by atoms with van der Waals surface area (Å²) in [6.07, 6.45) is 4.40. The molecule has 0 radical (unpaired) electrons. The van der Waals surface area contributed by atoms with Crippen molar-refractivity contribution in [2.45, 2.75) is 71.3 Å². The summed E-state index contributed by atoms with van der Waals surface area (Å²) in [6.45, 7) is 15.0. The molecule has 1 amide bonds. The van der Waals surface area contributed by atoms with E-state index < -0.39 is 11.6 Å². The molecule has 0 saturated heterocycles. The predicted molar refractivity (Wildman–Crippen MR) is 156 cm³/mol. The number of nitrogens with one attached hydrogen (secondary N) is 2. The molecule has 2 aromatic rings. The Balaban J connectivity index is 1.84. The molecule has 208 valence electrons. The number of aryl methyl sites for hydroxylation is 1. The Kier molecular flexibility index (Phi) is 10.0. The molecule has 8 heteroatoms. The van der Waals surface area contributed by atoms with Gasteiger partial charge in [-0.3, -0.25) is 9.59 Å². The average molecular weight is 551 g/mol. The maximum Gasteiger partial charge on any atom is 0.355 e. The first-order chi connectivity index (χ1) is 18.4. The number of esters is 2. The van der Waals surface area contributed by atoms with Crippen LogP contribution in [-0.2, 0) is 25.5 Å². The van der Waals surface area contributed by atoms with Gasteiger partial charge >= 0.3 is 11.9 Å². The van der Waals surface area contributed by atoms with Crippen molar-refractivity contribution < 1.29 is 23.9 Å². The molecular weight excluding hydrogens is 512 g/mol. The molecule has 1 aromatic carbocycles. The van der Waals surface area contributed by atoms with Gasteiger partial charge in [-0.25, -0.2) is 4.79 Å². The zero-order valence-corrected chi connectivity index (χ0v) is 24.5. The van der Waals surface area contributed by atoms with Crippen molar-refractivity contribution in [3.8, 4) is 0 Å². The van der Waals surface area contributed by atoms with Gasteiger partial charge in [-0.2, -0.15) is 0 Å². The van der Waals surface area contributed by atoms with Gasteiger partial charge in [0.2, 0.25) is 0 Å². The van der Waals surface area contributed by atoms with Gasteiger partial charge in [0.1, 0.15) is 17.9 Å². The number of aromatic nitrogens is 1. The molecule has 2 heterocycles. The Morgan fingerprint density at radius 3 is 2.41 bits per heavy atom. The Bertz CT molecular complexity index is 1310. The monoisotopic (exact) mass is 550 g/mol. The van der Waals surface area contributed by atoms with Gasteiger partial charge in [-0.15, -0.1) is 11.8 Å². The van der Waals surface area contributed by atoms with Crippen molar-refractivity contribution in [1.82, 2.24) is 10.3 Å². The molecule has 1 aliphatic heterocycles. The number of thioether (sulfide) groups is 1. The molecule has 1 aliphatic rings. The normalized spacial score (nSPS) is 14.5. The van der Waals surface area contributed by atoms with Gasteiger partial charge in [0.25, 0.3) is 5.91 Å². The first-order valence-electron chi connectivity index (χ1n) is 13.0. The third-order valence-corrected chi connectivity index (χ3v) is 7.29. The second-order valence-electron chi connectivity index (χ2n) is 10.5.